The first-order valence-corrected chi connectivity index (χ1v) is 31.5. The zero-order valence-corrected chi connectivity index (χ0v) is 54.8. The molecule has 24 bridgehead atoms. The van der Waals surface area contributed by atoms with Crippen LogP contribution in [0.2, 0.25) is 0 Å². The highest BCUT2D eigenvalue weighted by Gasteiger charge is 2.28. The topological polar surface area (TPSA) is 155 Å². The Kier molecular flexibility index (Phi) is 11.3. The number of rotatable bonds is 0. The quantitative estimate of drug-likeness (QED) is 0.105. The molecular formula is C78H72N12. The van der Waals surface area contributed by atoms with Crippen LogP contribution in [0.25, 0.3) is 165 Å². The maximum atomic E-state index is 5.96. The molecule has 0 saturated heterocycles. The highest BCUT2D eigenvalue weighted by atomic mass is 14.9. The Balaban J connectivity index is 1.30. The van der Waals surface area contributed by atoms with Crippen molar-refractivity contribution in [3.8, 4) is 0 Å². The third-order valence-electron chi connectivity index (χ3n) is 18.7. The molecule has 0 aliphatic carbocycles. The normalized spacial score (nSPS) is 13.7. The smallest absolute Gasteiger partial charge is 0.120 e. The molecule has 12 nitrogen and oxygen atoms in total. The van der Waals surface area contributed by atoms with Crippen LogP contribution in [0, 0.1) is 0 Å². The van der Waals surface area contributed by atoms with Crippen LogP contribution in [0.5, 0.6) is 0 Å². The van der Waals surface area contributed by atoms with E-state index in [1.54, 1.807) is 0 Å². The van der Waals surface area contributed by atoms with E-state index in [1.165, 1.54) is 0 Å². The van der Waals surface area contributed by atoms with E-state index in [9.17, 15) is 0 Å². The SMILES string of the molecule is CC(C)(C)c1cc2nc(c1)c1ccc3c4cc(C(C)(C)C)cc(n4)c4cc(C(C)(C)C)cc(n4)c4ccc5c6cc(C(C)(C)C)cc(n6)c6cc(C(C)(C)C)cc(n6)c6ccc(c7cc(C(C)(C)C)cc2n7)c2nc7c8nc1c3nc8c1nc4c5nc1c7nc62. The summed E-state index contributed by atoms with van der Waals surface area (Å²) in [5.41, 5.74) is 20.9. The summed E-state index contributed by atoms with van der Waals surface area (Å²) >= 11 is 0. The van der Waals surface area contributed by atoms with Crippen LogP contribution >= 0.6 is 0 Å². The first kappa shape index (κ1) is 55.9. The molecule has 12 heterocycles. The Labute approximate surface area is 521 Å². The maximum absolute atomic E-state index is 5.96. The lowest BCUT2D eigenvalue weighted by atomic mass is 9.85. The molecular weight excluding hydrogens is 1100 g/mol. The van der Waals surface area contributed by atoms with Gasteiger partial charge >= 0.3 is 0 Å². The molecule has 0 spiro atoms. The number of nitrogens with zero attached hydrogens (tertiary/aromatic N) is 12. The summed E-state index contributed by atoms with van der Waals surface area (Å²) in [5.74, 6) is 0. The molecule has 12 aromatic heterocycles. The molecule has 12 heteroatoms. The van der Waals surface area contributed by atoms with Crippen LogP contribution < -0.4 is 0 Å². The number of pyridine rings is 6. The number of fused-ring (bicyclic) bond motifs is 21. The number of aromatic nitrogens is 12. The first-order chi connectivity index (χ1) is 42.3. The Morgan fingerprint density at radius 3 is 0.400 bits per heavy atom. The second kappa shape index (κ2) is 18.1. The van der Waals surface area contributed by atoms with Gasteiger partial charge in [-0.05, 0) is 175 Å². The Morgan fingerprint density at radius 2 is 0.278 bits per heavy atom. The molecule has 0 fully saturated rings. The minimum absolute atomic E-state index is 0.279. The van der Waals surface area contributed by atoms with Gasteiger partial charge in [-0.15, -0.1) is 0 Å². The molecule has 444 valence electrons. The van der Waals surface area contributed by atoms with E-state index in [-0.39, 0.29) is 32.5 Å². The molecule has 0 aliphatic rings. The van der Waals surface area contributed by atoms with Gasteiger partial charge in [0, 0.05) is 32.3 Å². The zero-order chi connectivity index (χ0) is 63.0. The lowest BCUT2D eigenvalue weighted by molar-refractivity contribution is 0.590. The van der Waals surface area contributed by atoms with E-state index in [0.717, 1.165) is 132 Å². The zero-order valence-electron chi connectivity index (χ0n) is 54.8. The Bertz CT molecular complexity index is 4990. The van der Waals surface area contributed by atoms with Crippen molar-refractivity contribution in [1.82, 2.24) is 59.8 Å². The fourth-order valence-electron chi connectivity index (χ4n) is 13.0. The lowest BCUT2D eigenvalue weighted by Crippen LogP contribution is -2.12. The van der Waals surface area contributed by atoms with Crippen molar-refractivity contribution in [3.63, 3.8) is 0 Å². The van der Waals surface area contributed by atoms with Gasteiger partial charge in [-0.25, -0.2) is 59.8 Å². The van der Waals surface area contributed by atoms with E-state index in [4.69, 9.17) is 59.8 Å². The monoisotopic (exact) mass is 1180 g/mol. The number of hydrogen-bond donors (Lipinski definition) is 0. The van der Waals surface area contributed by atoms with Crippen molar-refractivity contribution < 1.29 is 0 Å². The van der Waals surface area contributed by atoms with Gasteiger partial charge in [0.25, 0.3) is 0 Å². The van der Waals surface area contributed by atoms with Crippen LogP contribution in [0.4, 0.5) is 0 Å². The summed E-state index contributed by atoms with van der Waals surface area (Å²) < 4.78 is 0. The second-order valence-electron chi connectivity index (χ2n) is 31.6. The summed E-state index contributed by atoms with van der Waals surface area (Å²) in [5, 5.41) is 4.82. The summed E-state index contributed by atoms with van der Waals surface area (Å²) in [6, 6.07) is 39.4. The van der Waals surface area contributed by atoms with Crippen molar-refractivity contribution >= 4 is 165 Å². The predicted molar refractivity (Wildman–Crippen MR) is 375 cm³/mol. The molecule has 90 heavy (non-hydrogen) atoms. The van der Waals surface area contributed by atoms with Gasteiger partial charge in [0.05, 0.1) is 99.3 Å². The first-order valence-electron chi connectivity index (χ1n) is 31.5. The van der Waals surface area contributed by atoms with Crippen LogP contribution in [0.1, 0.15) is 158 Å². The Hall–Kier alpha value is -9.42. The van der Waals surface area contributed by atoms with Gasteiger partial charge < -0.3 is 0 Å². The van der Waals surface area contributed by atoms with Crippen LogP contribution in [-0.4, -0.2) is 59.8 Å². The molecule has 0 atom stereocenters. The maximum Gasteiger partial charge on any atom is 0.120 e. The number of benzene rings is 4. The summed E-state index contributed by atoms with van der Waals surface area (Å²) in [4.78, 5) is 69.8. The minimum atomic E-state index is -0.279. The molecule has 0 unspecified atom stereocenters. The lowest BCUT2D eigenvalue weighted by Gasteiger charge is -2.21. The van der Waals surface area contributed by atoms with Gasteiger partial charge in [-0.2, -0.15) is 0 Å². The summed E-state index contributed by atoms with van der Waals surface area (Å²) in [6.45, 7) is 40.5. The van der Waals surface area contributed by atoms with Crippen molar-refractivity contribution in [2.45, 2.75) is 157 Å². The van der Waals surface area contributed by atoms with Crippen LogP contribution in [0.3, 0.4) is 0 Å². The third-order valence-corrected chi connectivity index (χ3v) is 18.7. The van der Waals surface area contributed by atoms with Crippen molar-refractivity contribution in [2.75, 3.05) is 0 Å². The molecule has 16 aromatic rings. The fraction of sp³-hybridized carbons (Fsp3) is 0.308. The standard InChI is InChI=1S/C78H72N12/c1-73(2,3)37-25-49-43-19-20-44-51-27-39(75(7,8)9)33-57(81-51)58-34-41(77(13,14)15)29-53(83-58)47-23-24-48-54-30-42(78(16,17)18)36-60(84-54)59-35-40(76(10,11)12)28-52(82-59)46-22-21-45(50-26-38(74(4,5)6)32-56(80-50)55(31-37)79-49)63-64(46)88-71-69(87-63)67-68(86-62(44)61(43)85-67)70-72(71)90-66(48)65(47)89-70/h19-36H,1-18H3. The molecule has 0 amide bonds. The van der Waals surface area contributed by atoms with E-state index in [1.807, 2.05) is 0 Å². The summed E-state index contributed by atoms with van der Waals surface area (Å²) in [7, 11) is 0. The van der Waals surface area contributed by atoms with Crippen LogP contribution in [0.15, 0.2) is 109 Å². The summed E-state index contributed by atoms with van der Waals surface area (Å²) in [6.07, 6.45) is 0. The minimum Gasteiger partial charge on any atom is -0.246 e. The number of hydrogen-bond acceptors (Lipinski definition) is 12. The van der Waals surface area contributed by atoms with Gasteiger partial charge in [-0.1, -0.05) is 125 Å². The second-order valence-corrected chi connectivity index (χ2v) is 31.6. The van der Waals surface area contributed by atoms with E-state index in [0.29, 0.717) is 66.2 Å². The average molecular weight is 1180 g/mol. The van der Waals surface area contributed by atoms with Gasteiger partial charge in [-0.3, -0.25) is 0 Å². The molecule has 0 N–H and O–H groups in total. The van der Waals surface area contributed by atoms with Crippen molar-refractivity contribution in [3.05, 3.63) is 143 Å². The average Bonchev–Trinajstić information content (AvgIpc) is 0.705. The molecule has 4 aromatic carbocycles. The highest BCUT2D eigenvalue weighted by Crippen LogP contribution is 2.43. The molecule has 0 radical (unpaired) electrons. The van der Waals surface area contributed by atoms with E-state index >= 15 is 0 Å². The van der Waals surface area contributed by atoms with Crippen LogP contribution in [-0.2, 0) is 32.5 Å². The Morgan fingerprint density at radius 1 is 0.156 bits per heavy atom. The van der Waals surface area contributed by atoms with Crippen molar-refractivity contribution in [2.24, 2.45) is 0 Å². The van der Waals surface area contributed by atoms with Gasteiger partial charge in [0.2, 0.25) is 0 Å². The fourth-order valence-corrected chi connectivity index (χ4v) is 13.0. The van der Waals surface area contributed by atoms with Gasteiger partial charge in [0.15, 0.2) is 0 Å². The predicted octanol–water partition coefficient (Wildman–Crippen LogP) is 19.5. The van der Waals surface area contributed by atoms with E-state index in [2.05, 4.69) is 234 Å². The van der Waals surface area contributed by atoms with Crippen molar-refractivity contribution in [1.29, 1.82) is 0 Å². The van der Waals surface area contributed by atoms with Gasteiger partial charge in [0.1, 0.15) is 33.1 Å². The highest BCUT2D eigenvalue weighted by molar-refractivity contribution is 6.27. The molecule has 0 aliphatic heterocycles. The third kappa shape index (κ3) is 8.67. The molecule has 0 saturated carbocycles. The molecule has 16 rings (SSSR count). The largest absolute Gasteiger partial charge is 0.246 e. The van der Waals surface area contributed by atoms with E-state index < -0.39 is 0 Å².